The van der Waals surface area contributed by atoms with E-state index in [4.69, 9.17) is 11.6 Å². The Balaban J connectivity index is 1.13. The Morgan fingerprint density at radius 1 is 0.871 bits per heavy atom. The van der Waals surface area contributed by atoms with Crippen molar-refractivity contribution in [3.05, 3.63) is 137 Å². The van der Waals surface area contributed by atoms with E-state index < -0.39 is 58.9 Å². The quantitative estimate of drug-likeness (QED) is 0.0666. The molecule has 330 valence electrons. The van der Waals surface area contributed by atoms with Crippen LogP contribution in [0.15, 0.2) is 136 Å². The Hall–Kier alpha value is -4.58. The first-order valence-electron chi connectivity index (χ1n) is 20.0. The number of alkyl halides is 3. The average molecular weight is 930 g/mol. The summed E-state index contributed by atoms with van der Waals surface area (Å²) >= 11 is 7.52. The number of sulfone groups is 1. The smallest absolute Gasteiger partial charge is 0.388 e. The maximum absolute atomic E-state index is 14.1. The van der Waals surface area contributed by atoms with Crippen molar-refractivity contribution in [1.82, 2.24) is 10.0 Å². The number of thioether (sulfide) groups is 1. The van der Waals surface area contributed by atoms with Gasteiger partial charge >= 0.3 is 5.51 Å². The van der Waals surface area contributed by atoms with E-state index in [0.717, 1.165) is 39.4 Å². The van der Waals surface area contributed by atoms with E-state index >= 15 is 0 Å². The Morgan fingerprint density at radius 3 is 2.16 bits per heavy atom. The molecular formula is C45H48ClF3N4O6S3. The van der Waals surface area contributed by atoms with Gasteiger partial charge in [-0.2, -0.15) is 13.2 Å². The van der Waals surface area contributed by atoms with Crippen molar-refractivity contribution in [2.45, 2.75) is 71.5 Å². The van der Waals surface area contributed by atoms with Crippen LogP contribution in [-0.4, -0.2) is 70.8 Å². The maximum Gasteiger partial charge on any atom is 0.501 e. The fourth-order valence-electron chi connectivity index (χ4n) is 7.25. The van der Waals surface area contributed by atoms with E-state index in [1.54, 1.807) is 12.1 Å². The maximum atomic E-state index is 14.1. The highest BCUT2D eigenvalue weighted by Crippen LogP contribution is 2.39. The third-order valence-corrected chi connectivity index (χ3v) is 14.9. The molecule has 62 heavy (non-hydrogen) atoms. The Morgan fingerprint density at radius 2 is 1.52 bits per heavy atom. The molecule has 17 heteroatoms. The van der Waals surface area contributed by atoms with Crippen molar-refractivity contribution < 1.29 is 39.9 Å². The first-order valence-corrected chi connectivity index (χ1v) is 24.3. The van der Waals surface area contributed by atoms with Crippen molar-refractivity contribution in [2.24, 2.45) is 5.92 Å². The third kappa shape index (κ3) is 11.7. The second-order valence-electron chi connectivity index (χ2n) is 15.3. The van der Waals surface area contributed by atoms with Crippen LogP contribution in [0.1, 0.15) is 55.1 Å². The minimum atomic E-state index is -6.05. The molecule has 0 aliphatic carbocycles. The lowest BCUT2D eigenvalue weighted by molar-refractivity contribution is -0.0435. The number of aliphatic hydroxyl groups excluding tert-OH is 1. The highest BCUT2D eigenvalue weighted by atomic mass is 35.5. The normalized spacial score (nSPS) is 15.0. The lowest BCUT2D eigenvalue weighted by Crippen LogP contribution is -2.36. The topological polar surface area (TPSA) is 145 Å². The van der Waals surface area contributed by atoms with E-state index in [-0.39, 0.29) is 17.5 Å². The van der Waals surface area contributed by atoms with E-state index in [9.17, 15) is 39.9 Å². The van der Waals surface area contributed by atoms with Gasteiger partial charge in [-0.25, -0.2) is 21.6 Å². The molecule has 0 aromatic heterocycles. The lowest BCUT2D eigenvalue weighted by Gasteiger charge is -2.36. The fraction of sp³-hybridized carbons (Fsp3) is 0.311. The second-order valence-corrected chi connectivity index (χ2v) is 20.4. The molecule has 0 saturated carbocycles. The minimum absolute atomic E-state index is 0.0153. The largest absolute Gasteiger partial charge is 0.501 e. The molecule has 1 fully saturated rings. The molecule has 10 nitrogen and oxygen atoms in total. The third-order valence-electron chi connectivity index (χ3n) is 10.6. The van der Waals surface area contributed by atoms with Gasteiger partial charge in [0.2, 0.25) is 0 Å². The minimum Gasteiger partial charge on any atom is -0.388 e. The molecule has 2 atom stereocenters. The SMILES string of the molecule is CC(C)NCCC(CSc1ccccc1)Nc1ccc(S(=O)(=O)NC(=O)c2ccc(N3CCC([C@H](O)c4ccccc4-c4ccc(Cl)cc4)CC3)cc2)cc1S(=O)(=O)C(F)(F)F. The highest BCUT2D eigenvalue weighted by molar-refractivity contribution is 7.99. The fourth-order valence-corrected chi connectivity index (χ4v) is 10.4. The number of rotatable bonds is 17. The van der Waals surface area contributed by atoms with E-state index in [2.05, 4.69) is 15.5 Å². The van der Waals surface area contributed by atoms with Crippen LogP contribution < -0.4 is 20.3 Å². The van der Waals surface area contributed by atoms with Gasteiger partial charge in [0, 0.05) is 52.1 Å². The van der Waals surface area contributed by atoms with E-state index in [1.165, 1.54) is 23.9 Å². The summed E-state index contributed by atoms with van der Waals surface area (Å²) in [5.41, 5.74) is -2.74. The molecule has 6 rings (SSSR count). The molecule has 1 aliphatic heterocycles. The number of hydrogen-bond donors (Lipinski definition) is 4. The molecule has 4 N–H and O–H groups in total. The van der Waals surface area contributed by atoms with Crippen molar-refractivity contribution in [2.75, 3.05) is 35.6 Å². The monoisotopic (exact) mass is 928 g/mol. The van der Waals surface area contributed by atoms with Crippen molar-refractivity contribution in [3.63, 3.8) is 0 Å². The number of aliphatic hydroxyl groups is 1. The van der Waals surface area contributed by atoms with Gasteiger partial charge in [-0.3, -0.25) is 4.79 Å². The van der Waals surface area contributed by atoms with Gasteiger partial charge in [-0.15, -0.1) is 11.8 Å². The summed E-state index contributed by atoms with van der Waals surface area (Å²) in [4.78, 5) is 14.1. The van der Waals surface area contributed by atoms with Crippen LogP contribution in [0, 0.1) is 5.92 Å². The standard InChI is InChI=1S/C45H48ClF3N4O6S3/c1-30(2)50-25-22-35(29-60-37-8-4-3-5-9-37)51-41-21-20-38(28-42(41)61(56,57)45(47,48)49)62(58,59)52-44(55)33-14-18-36(19-15-33)53-26-23-32(24-27-53)43(54)40-11-7-6-10-39(40)31-12-16-34(46)17-13-31/h3-21,28,30,32,35,43,50-51,54H,22-27,29H2,1-2H3,(H,52,55)/t35?,43-/m0/s1. The number of carbonyl (C=O) groups excluding carboxylic acids is 1. The molecule has 0 radical (unpaired) electrons. The van der Waals surface area contributed by atoms with Crippen LogP contribution in [0.25, 0.3) is 11.1 Å². The predicted octanol–water partition coefficient (Wildman–Crippen LogP) is 9.33. The lowest BCUT2D eigenvalue weighted by atomic mass is 9.84. The van der Waals surface area contributed by atoms with Gasteiger partial charge in [-0.05, 0) is 115 Å². The van der Waals surface area contributed by atoms with Crippen LogP contribution >= 0.6 is 23.4 Å². The summed E-state index contributed by atoms with van der Waals surface area (Å²) in [7, 11) is -10.9. The molecule has 1 saturated heterocycles. The number of piperidine rings is 1. The molecule has 1 unspecified atom stereocenters. The Kier molecular flexibility index (Phi) is 15.4. The van der Waals surface area contributed by atoms with Crippen LogP contribution in [-0.2, 0) is 19.9 Å². The van der Waals surface area contributed by atoms with Gasteiger partial charge < -0.3 is 20.6 Å². The van der Waals surface area contributed by atoms with Crippen LogP contribution in [0.4, 0.5) is 24.5 Å². The zero-order valence-electron chi connectivity index (χ0n) is 34.0. The van der Waals surface area contributed by atoms with Gasteiger partial charge in [0.25, 0.3) is 25.8 Å². The molecule has 5 aromatic rings. The molecule has 1 aliphatic rings. The van der Waals surface area contributed by atoms with Gasteiger partial charge in [-0.1, -0.05) is 80.0 Å². The molecule has 1 heterocycles. The van der Waals surface area contributed by atoms with Crippen molar-refractivity contribution in [1.29, 1.82) is 0 Å². The number of carbonyl (C=O) groups is 1. The molecule has 0 bridgehead atoms. The molecule has 0 spiro atoms. The van der Waals surface area contributed by atoms with Crippen molar-refractivity contribution >= 4 is 60.5 Å². The summed E-state index contributed by atoms with van der Waals surface area (Å²) in [6.45, 7) is 5.56. The van der Waals surface area contributed by atoms with Crippen LogP contribution in [0.2, 0.25) is 5.02 Å². The zero-order chi connectivity index (χ0) is 44.7. The Bertz CT molecular complexity index is 2520. The average Bonchev–Trinajstić information content (AvgIpc) is 3.25. The van der Waals surface area contributed by atoms with E-state index in [0.29, 0.717) is 55.7 Å². The molecule has 1 amide bonds. The van der Waals surface area contributed by atoms with E-state index in [1.807, 2.05) is 97.4 Å². The summed E-state index contributed by atoms with van der Waals surface area (Å²) < 4.78 is 96.9. The number of halogens is 4. The summed E-state index contributed by atoms with van der Waals surface area (Å²) in [6.07, 6.45) is 1.06. The highest BCUT2D eigenvalue weighted by Gasteiger charge is 2.48. The number of sulfonamides is 1. The number of amides is 1. The number of hydrogen-bond acceptors (Lipinski definition) is 10. The molecular weight excluding hydrogens is 881 g/mol. The summed E-state index contributed by atoms with van der Waals surface area (Å²) in [5, 5.41) is 18.3. The second kappa shape index (κ2) is 20.3. The Labute approximate surface area is 370 Å². The number of benzene rings is 5. The van der Waals surface area contributed by atoms with Gasteiger partial charge in [0.15, 0.2) is 0 Å². The summed E-state index contributed by atoms with van der Waals surface area (Å²) in [6, 6.07) is 32.6. The van der Waals surface area contributed by atoms with Crippen molar-refractivity contribution in [3.8, 4) is 11.1 Å². The van der Waals surface area contributed by atoms with Gasteiger partial charge in [0.1, 0.15) is 4.90 Å². The zero-order valence-corrected chi connectivity index (χ0v) is 37.2. The first-order chi connectivity index (χ1) is 29.4. The van der Waals surface area contributed by atoms with Crippen LogP contribution in [0.3, 0.4) is 0 Å². The first kappa shape index (κ1) is 46.9. The number of anilines is 2. The van der Waals surface area contributed by atoms with Crippen LogP contribution in [0.5, 0.6) is 0 Å². The predicted molar refractivity (Wildman–Crippen MR) is 240 cm³/mol. The van der Waals surface area contributed by atoms with Gasteiger partial charge in [0.05, 0.1) is 16.7 Å². The molecule has 5 aromatic carbocycles. The number of nitrogens with zero attached hydrogens (tertiary/aromatic N) is 1. The number of nitrogens with one attached hydrogen (secondary N) is 3. The summed E-state index contributed by atoms with van der Waals surface area (Å²) in [5.74, 6) is -0.721.